The van der Waals surface area contributed by atoms with Crippen molar-refractivity contribution in [2.45, 2.75) is 302 Å². The molecule has 0 spiro atoms. The number of unbranched alkanes of at least 4 members (excludes halogenated alkanes) is 31. The van der Waals surface area contributed by atoms with Crippen molar-refractivity contribution in [3.8, 4) is 0 Å². The lowest BCUT2D eigenvalue weighted by Crippen LogP contribution is -2.46. The van der Waals surface area contributed by atoms with Crippen molar-refractivity contribution in [3.63, 3.8) is 0 Å². The van der Waals surface area contributed by atoms with Crippen molar-refractivity contribution in [2.24, 2.45) is 0 Å². The standard InChI is InChI=1S/C56H105NO5/c1-4-7-10-13-16-19-22-25-27-29-31-33-36-39-42-45-48-54(59)53(51-58)57-55(60)50-52(47-44-41-38-35-32-30-28-26-23-20-17-14-11-8-5-2)62-56(61)49-46-43-40-37-34-24-21-18-15-12-9-6-3/h17,20,26,28,32,35,52-54,58-59H,4-16,18-19,21-25,27,29-31,33-34,36-51H2,1-3H3,(H,57,60)/b20-17-,28-26-,35-32-. The summed E-state index contributed by atoms with van der Waals surface area (Å²) in [6, 6.07) is -0.711. The van der Waals surface area contributed by atoms with E-state index in [0.717, 1.165) is 70.6 Å². The second kappa shape index (κ2) is 50.1. The number of hydrogen-bond acceptors (Lipinski definition) is 5. The molecule has 0 rings (SSSR count). The van der Waals surface area contributed by atoms with E-state index < -0.39 is 18.2 Å². The van der Waals surface area contributed by atoms with Crippen LogP contribution in [-0.4, -0.2) is 46.9 Å². The van der Waals surface area contributed by atoms with E-state index in [2.05, 4.69) is 62.5 Å². The van der Waals surface area contributed by atoms with Gasteiger partial charge in [-0.3, -0.25) is 9.59 Å². The van der Waals surface area contributed by atoms with Crippen LogP contribution in [0.2, 0.25) is 0 Å². The maximum atomic E-state index is 13.2. The summed E-state index contributed by atoms with van der Waals surface area (Å²) < 4.78 is 5.92. The fraction of sp³-hybridized carbons (Fsp3) is 0.857. The summed E-state index contributed by atoms with van der Waals surface area (Å²) in [4.78, 5) is 26.2. The minimum absolute atomic E-state index is 0.0557. The number of aliphatic hydroxyl groups is 2. The Morgan fingerprint density at radius 3 is 1.26 bits per heavy atom. The number of carbonyl (C=O) groups is 2. The second-order valence-corrected chi connectivity index (χ2v) is 18.6. The lowest BCUT2D eigenvalue weighted by Gasteiger charge is -2.24. The average molecular weight is 872 g/mol. The van der Waals surface area contributed by atoms with E-state index in [9.17, 15) is 19.8 Å². The van der Waals surface area contributed by atoms with E-state index in [1.807, 2.05) is 0 Å². The fourth-order valence-corrected chi connectivity index (χ4v) is 8.32. The zero-order valence-corrected chi connectivity index (χ0v) is 41.5. The Bertz CT molecular complexity index is 1020. The topological polar surface area (TPSA) is 95.9 Å². The molecule has 0 fully saturated rings. The Kier molecular flexibility index (Phi) is 48.5. The smallest absolute Gasteiger partial charge is 0.306 e. The van der Waals surface area contributed by atoms with Crippen molar-refractivity contribution in [2.75, 3.05) is 6.61 Å². The number of nitrogens with one attached hydrogen (secondary N) is 1. The van der Waals surface area contributed by atoms with Gasteiger partial charge in [0.2, 0.25) is 5.91 Å². The van der Waals surface area contributed by atoms with Crippen molar-refractivity contribution in [1.82, 2.24) is 5.32 Å². The third kappa shape index (κ3) is 44.7. The Balaban J connectivity index is 4.58. The van der Waals surface area contributed by atoms with E-state index in [-0.39, 0.29) is 24.9 Å². The van der Waals surface area contributed by atoms with Crippen LogP contribution in [0.5, 0.6) is 0 Å². The first-order valence-corrected chi connectivity index (χ1v) is 27.2. The molecule has 6 nitrogen and oxygen atoms in total. The van der Waals surface area contributed by atoms with Crippen LogP contribution in [-0.2, 0) is 14.3 Å². The number of aliphatic hydroxyl groups excluding tert-OH is 2. The van der Waals surface area contributed by atoms with Crippen molar-refractivity contribution >= 4 is 11.9 Å². The molecule has 0 aromatic heterocycles. The van der Waals surface area contributed by atoms with E-state index in [0.29, 0.717) is 19.3 Å². The number of allylic oxidation sites excluding steroid dienone is 6. The summed E-state index contributed by atoms with van der Waals surface area (Å²) >= 11 is 0. The number of esters is 1. The molecule has 364 valence electrons. The van der Waals surface area contributed by atoms with Gasteiger partial charge >= 0.3 is 5.97 Å². The highest BCUT2D eigenvalue weighted by molar-refractivity contribution is 5.77. The first kappa shape index (κ1) is 60.1. The van der Waals surface area contributed by atoms with Crippen molar-refractivity contribution < 1.29 is 24.5 Å². The molecule has 0 heterocycles. The fourth-order valence-electron chi connectivity index (χ4n) is 8.32. The normalized spacial score (nSPS) is 13.4. The Morgan fingerprint density at radius 1 is 0.468 bits per heavy atom. The molecule has 3 atom stereocenters. The van der Waals surface area contributed by atoms with E-state index >= 15 is 0 Å². The molecule has 0 aromatic rings. The molecule has 0 aromatic carbocycles. The Labute approximate surface area is 385 Å². The zero-order chi connectivity index (χ0) is 45.2. The first-order chi connectivity index (χ1) is 30.5. The predicted octanol–water partition coefficient (Wildman–Crippen LogP) is 16.5. The number of ether oxygens (including phenoxy) is 1. The van der Waals surface area contributed by atoms with Gasteiger partial charge in [0.25, 0.3) is 0 Å². The molecular formula is C56H105NO5. The predicted molar refractivity (Wildman–Crippen MR) is 269 cm³/mol. The summed E-state index contributed by atoms with van der Waals surface area (Å²) in [5, 5.41) is 23.8. The molecule has 0 bridgehead atoms. The van der Waals surface area contributed by atoms with Gasteiger partial charge in [0.05, 0.1) is 25.2 Å². The molecule has 0 aliphatic rings. The molecule has 3 unspecified atom stereocenters. The van der Waals surface area contributed by atoms with Crippen LogP contribution in [0.25, 0.3) is 0 Å². The van der Waals surface area contributed by atoms with Gasteiger partial charge in [-0.05, 0) is 64.2 Å². The highest BCUT2D eigenvalue weighted by Gasteiger charge is 2.24. The number of rotatable bonds is 49. The minimum Gasteiger partial charge on any atom is -0.462 e. The van der Waals surface area contributed by atoms with Crippen molar-refractivity contribution in [3.05, 3.63) is 36.5 Å². The van der Waals surface area contributed by atoms with Crippen LogP contribution in [0.3, 0.4) is 0 Å². The average Bonchev–Trinajstić information content (AvgIpc) is 3.26. The number of carbonyl (C=O) groups excluding carboxylic acids is 2. The maximum absolute atomic E-state index is 13.2. The van der Waals surface area contributed by atoms with Crippen LogP contribution >= 0.6 is 0 Å². The van der Waals surface area contributed by atoms with Gasteiger partial charge in [0.1, 0.15) is 6.10 Å². The summed E-state index contributed by atoms with van der Waals surface area (Å²) in [7, 11) is 0. The molecule has 0 aliphatic carbocycles. The quantitative estimate of drug-likeness (QED) is 0.0321. The van der Waals surface area contributed by atoms with E-state index in [1.54, 1.807) is 0 Å². The third-order valence-electron chi connectivity index (χ3n) is 12.5. The van der Waals surface area contributed by atoms with Crippen LogP contribution in [0, 0.1) is 0 Å². The molecule has 3 N–H and O–H groups in total. The number of amides is 1. The van der Waals surface area contributed by atoms with Crippen LogP contribution in [0.1, 0.15) is 284 Å². The Hall–Kier alpha value is -1.92. The summed E-state index contributed by atoms with van der Waals surface area (Å²) in [6.45, 7) is 6.46. The first-order valence-electron chi connectivity index (χ1n) is 27.2. The van der Waals surface area contributed by atoms with Gasteiger partial charge in [-0.1, -0.05) is 243 Å². The van der Waals surface area contributed by atoms with Gasteiger partial charge in [-0.2, -0.15) is 0 Å². The van der Waals surface area contributed by atoms with Gasteiger partial charge in [-0.15, -0.1) is 0 Å². The molecular weight excluding hydrogens is 767 g/mol. The molecule has 0 aliphatic heterocycles. The van der Waals surface area contributed by atoms with Crippen LogP contribution < -0.4 is 5.32 Å². The van der Waals surface area contributed by atoms with Gasteiger partial charge in [-0.25, -0.2) is 0 Å². The molecule has 1 amide bonds. The summed E-state index contributed by atoms with van der Waals surface area (Å²) in [6.07, 6.45) is 59.2. The van der Waals surface area contributed by atoms with Gasteiger partial charge in [0, 0.05) is 6.42 Å². The Morgan fingerprint density at radius 2 is 0.823 bits per heavy atom. The second-order valence-electron chi connectivity index (χ2n) is 18.6. The van der Waals surface area contributed by atoms with Crippen LogP contribution in [0.15, 0.2) is 36.5 Å². The minimum atomic E-state index is -0.795. The number of hydrogen-bond donors (Lipinski definition) is 3. The SMILES string of the molecule is CCCCC/C=C\C/C=C\C/C=C\CCCCC(CC(=O)NC(CO)C(O)CCCCCCCCCCCCCCCCCC)OC(=O)CCCCCCCCCCCCCC. The molecule has 0 radical (unpaired) electrons. The van der Waals surface area contributed by atoms with Gasteiger partial charge < -0.3 is 20.3 Å². The molecule has 6 heteroatoms. The highest BCUT2D eigenvalue weighted by atomic mass is 16.5. The molecule has 62 heavy (non-hydrogen) atoms. The summed E-state index contributed by atoms with van der Waals surface area (Å²) in [5.41, 5.74) is 0. The molecule has 0 saturated carbocycles. The monoisotopic (exact) mass is 872 g/mol. The zero-order valence-electron chi connectivity index (χ0n) is 41.5. The lowest BCUT2D eigenvalue weighted by atomic mass is 10.0. The van der Waals surface area contributed by atoms with Gasteiger partial charge in [0.15, 0.2) is 0 Å². The van der Waals surface area contributed by atoms with Crippen molar-refractivity contribution in [1.29, 1.82) is 0 Å². The van der Waals surface area contributed by atoms with E-state index in [1.165, 1.54) is 167 Å². The van der Waals surface area contributed by atoms with E-state index in [4.69, 9.17) is 4.74 Å². The highest BCUT2D eigenvalue weighted by Crippen LogP contribution is 2.18. The lowest BCUT2D eigenvalue weighted by molar-refractivity contribution is -0.151. The summed E-state index contributed by atoms with van der Waals surface area (Å²) in [5.74, 6) is -0.500. The maximum Gasteiger partial charge on any atom is 0.306 e. The largest absolute Gasteiger partial charge is 0.462 e. The van der Waals surface area contributed by atoms with Crippen LogP contribution in [0.4, 0.5) is 0 Å². The third-order valence-corrected chi connectivity index (χ3v) is 12.5. The molecule has 0 saturated heterocycles.